The number of nitrogens with zero attached hydrogens (tertiary/aromatic N) is 1. The molecule has 1 aliphatic heterocycles. The van der Waals surface area contributed by atoms with Crippen LogP contribution in [0.3, 0.4) is 0 Å². The molecule has 1 heterocycles. The standard InChI is InChI=1S/C23H23NO4S2/c1-27-20-11-13-22(14-12-20)30(25,26)24-15-16-29-23(24)19-7-9-21(10-8-19)28-17-18-5-3-2-4-6-18/h2-14,23H,15-17H2,1H3/t23-/m0/s1. The Hall–Kier alpha value is -2.48. The predicted molar refractivity (Wildman–Crippen MR) is 119 cm³/mol. The highest BCUT2D eigenvalue weighted by Crippen LogP contribution is 2.41. The van der Waals surface area contributed by atoms with Crippen LogP contribution < -0.4 is 9.47 Å². The fraction of sp³-hybridized carbons (Fsp3) is 0.217. The van der Waals surface area contributed by atoms with E-state index in [1.165, 1.54) is 0 Å². The van der Waals surface area contributed by atoms with Gasteiger partial charge in [-0.1, -0.05) is 42.5 Å². The molecule has 0 unspecified atom stereocenters. The van der Waals surface area contributed by atoms with Crippen molar-refractivity contribution in [2.45, 2.75) is 16.9 Å². The van der Waals surface area contributed by atoms with Gasteiger partial charge in [-0.3, -0.25) is 0 Å². The Morgan fingerprint density at radius 1 is 0.933 bits per heavy atom. The van der Waals surface area contributed by atoms with Gasteiger partial charge in [-0.25, -0.2) is 8.42 Å². The van der Waals surface area contributed by atoms with Gasteiger partial charge < -0.3 is 9.47 Å². The number of methoxy groups -OCH3 is 1. The third kappa shape index (κ3) is 4.48. The summed E-state index contributed by atoms with van der Waals surface area (Å²) in [5.74, 6) is 2.15. The van der Waals surface area contributed by atoms with Crippen molar-refractivity contribution in [3.63, 3.8) is 0 Å². The van der Waals surface area contributed by atoms with Crippen LogP contribution in [-0.2, 0) is 16.6 Å². The largest absolute Gasteiger partial charge is 0.497 e. The van der Waals surface area contributed by atoms with E-state index in [9.17, 15) is 8.42 Å². The van der Waals surface area contributed by atoms with E-state index in [1.807, 2.05) is 54.6 Å². The first kappa shape index (κ1) is 20.8. The van der Waals surface area contributed by atoms with Gasteiger partial charge in [0.25, 0.3) is 0 Å². The second kappa shape index (κ2) is 9.12. The van der Waals surface area contributed by atoms with Crippen LogP contribution in [0.2, 0.25) is 0 Å². The molecule has 0 radical (unpaired) electrons. The number of thioether (sulfide) groups is 1. The molecule has 1 saturated heterocycles. The number of hydrogen-bond acceptors (Lipinski definition) is 5. The van der Waals surface area contributed by atoms with E-state index in [0.717, 1.165) is 22.6 Å². The van der Waals surface area contributed by atoms with E-state index in [4.69, 9.17) is 9.47 Å². The molecule has 0 aromatic heterocycles. The van der Waals surface area contributed by atoms with Gasteiger partial charge in [0.15, 0.2) is 0 Å². The number of rotatable bonds is 7. The third-order valence-electron chi connectivity index (χ3n) is 4.93. The Kier molecular flexibility index (Phi) is 6.32. The minimum atomic E-state index is -3.59. The van der Waals surface area contributed by atoms with Crippen LogP contribution in [0.1, 0.15) is 16.5 Å². The van der Waals surface area contributed by atoms with Gasteiger partial charge in [-0.05, 0) is 47.5 Å². The van der Waals surface area contributed by atoms with E-state index in [-0.39, 0.29) is 10.3 Å². The van der Waals surface area contributed by atoms with E-state index < -0.39 is 10.0 Å². The first-order chi connectivity index (χ1) is 14.6. The summed E-state index contributed by atoms with van der Waals surface area (Å²) < 4.78 is 38.9. The highest BCUT2D eigenvalue weighted by Gasteiger charge is 2.36. The van der Waals surface area contributed by atoms with Crippen molar-refractivity contribution in [3.8, 4) is 11.5 Å². The first-order valence-electron chi connectivity index (χ1n) is 9.62. The van der Waals surface area contributed by atoms with Crippen molar-refractivity contribution in [2.24, 2.45) is 0 Å². The van der Waals surface area contributed by atoms with Gasteiger partial charge in [-0.15, -0.1) is 11.8 Å². The summed E-state index contributed by atoms with van der Waals surface area (Å²) in [7, 11) is -2.03. The number of sulfonamides is 1. The van der Waals surface area contributed by atoms with Gasteiger partial charge in [0.2, 0.25) is 10.0 Å². The van der Waals surface area contributed by atoms with Crippen LogP contribution in [0.25, 0.3) is 0 Å². The summed E-state index contributed by atoms with van der Waals surface area (Å²) >= 11 is 1.63. The monoisotopic (exact) mass is 441 g/mol. The molecule has 7 heteroatoms. The molecular weight excluding hydrogens is 418 g/mol. The van der Waals surface area contributed by atoms with Gasteiger partial charge in [0.1, 0.15) is 18.1 Å². The van der Waals surface area contributed by atoms with Crippen molar-refractivity contribution in [2.75, 3.05) is 19.4 Å². The highest BCUT2D eigenvalue weighted by atomic mass is 32.2. The first-order valence-corrected chi connectivity index (χ1v) is 12.1. The molecule has 5 nitrogen and oxygen atoms in total. The zero-order valence-corrected chi connectivity index (χ0v) is 18.2. The molecule has 1 aliphatic rings. The zero-order valence-electron chi connectivity index (χ0n) is 16.6. The Labute approximate surface area is 181 Å². The third-order valence-corrected chi connectivity index (χ3v) is 8.20. The van der Waals surface area contributed by atoms with E-state index in [1.54, 1.807) is 47.4 Å². The van der Waals surface area contributed by atoms with Crippen molar-refractivity contribution in [1.82, 2.24) is 4.31 Å². The molecule has 0 aliphatic carbocycles. The molecule has 0 bridgehead atoms. The minimum Gasteiger partial charge on any atom is -0.497 e. The van der Waals surface area contributed by atoms with Crippen LogP contribution >= 0.6 is 11.8 Å². The zero-order chi connectivity index (χ0) is 21.0. The Balaban J connectivity index is 1.48. The summed E-state index contributed by atoms with van der Waals surface area (Å²) in [6, 6.07) is 24.2. The Morgan fingerprint density at radius 2 is 1.60 bits per heavy atom. The predicted octanol–water partition coefficient (Wildman–Crippen LogP) is 4.71. The fourth-order valence-electron chi connectivity index (χ4n) is 3.32. The molecule has 4 rings (SSSR count). The quantitative estimate of drug-likeness (QED) is 0.531. The summed E-state index contributed by atoms with van der Waals surface area (Å²) in [6.07, 6.45) is 0. The molecule has 0 amide bonds. The maximum Gasteiger partial charge on any atom is 0.244 e. The van der Waals surface area contributed by atoms with Crippen LogP contribution in [0.15, 0.2) is 83.8 Å². The summed E-state index contributed by atoms with van der Waals surface area (Å²) in [5, 5.41) is -0.250. The maximum absolute atomic E-state index is 13.2. The Bertz CT molecular complexity index is 1070. The lowest BCUT2D eigenvalue weighted by Gasteiger charge is -2.24. The molecule has 0 N–H and O–H groups in total. The number of ether oxygens (including phenoxy) is 2. The van der Waals surface area contributed by atoms with Gasteiger partial charge >= 0.3 is 0 Å². The van der Waals surface area contributed by atoms with Crippen LogP contribution in [0.4, 0.5) is 0 Å². The molecule has 3 aromatic carbocycles. The van der Waals surface area contributed by atoms with E-state index in [0.29, 0.717) is 18.9 Å². The fourth-order valence-corrected chi connectivity index (χ4v) is 6.56. The lowest BCUT2D eigenvalue weighted by Crippen LogP contribution is -2.30. The molecule has 1 fully saturated rings. The molecule has 156 valence electrons. The van der Waals surface area contributed by atoms with Crippen molar-refractivity contribution >= 4 is 21.8 Å². The van der Waals surface area contributed by atoms with E-state index >= 15 is 0 Å². The second-order valence-corrected chi connectivity index (χ2v) is 9.94. The SMILES string of the molecule is COc1ccc(S(=O)(=O)N2CCS[C@H]2c2ccc(OCc3ccccc3)cc2)cc1. The molecular formula is C23H23NO4S2. The number of benzene rings is 3. The van der Waals surface area contributed by atoms with Crippen molar-refractivity contribution in [3.05, 3.63) is 90.0 Å². The summed E-state index contributed by atoms with van der Waals surface area (Å²) in [5.41, 5.74) is 2.05. The van der Waals surface area contributed by atoms with E-state index in [2.05, 4.69) is 0 Å². The number of hydrogen-bond donors (Lipinski definition) is 0. The lowest BCUT2D eigenvalue weighted by molar-refractivity contribution is 0.306. The van der Waals surface area contributed by atoms with Gasteiger partial charge in [-0.2, -0.15) is 4.31 Å². The minimum absolute atomic E-state index is 0.250. The summed E-state index contributed by atoms with van der Waals surface area (Å²) in [6.45, 7) is 0.978. The molecule has 30 heavy (non-hydrogen) atoms. The smallest absolute Gasteiger partial charge is 0.244 e. The topological polar surface area (TPSA) is 55.8 Å². The molecule has 0 saturated carbocycles. The molecule has 1 atom stereocenters. The maximum atomic E-state index is 13.2. The highest BCUT2D eigenvalue weighted by molar-refractivity contribution is 8.01. The molecule has 0 spiro atoms. The average Bonchev–Trinajstić information content (AvgIpc) is 3.30. The van der Waals surface area contributed by atoms with Gasteiger partial charge in [0, 0.05) is 12.3 Å². The van der Waals surface area contributed by atoms with Crippen LogP contribution in [0.5, 0.6) is 11.5 Å². The van der Waals surface area contributed by atoms with Gasteiger partial charge in [0.05, 0.1) is 17.4 Å². The van der Waals surface area contributed by atoms with Crippen LogP contribution in [-0.4, -0.2) is 32.1 Å². The van der Waals surface area contributed by atoms with Crippen molar-refractivity contribution < 1.29 is 17.9 Å². The Morgan fingerprint density at radius 3 is 2.27 bits per heavy atom. The average molecular weight is 442 g/mol. The second-order valence-electron chi connectivity index (χ2n) is 6.86. The normalized spacial score (nSPS) is 17.0. The lowest BCUT2D eigenvalue weighted by atomic mass is 10.2. The van der Waals surface area contributed by atoms with Crippen LogP contribution in [0, 0.1) is 0 Å². The summed E-state index contributed by atoms with van der Waals surface area (Å²) in [4.78, 5) is 0.276. The van der Waals surface area contributed by atoms with Crippen molar-refractivity contribution in [1.29, 1.82) is 0 Å². The molecule has 3 aromatic rings.